The number of urea groups is 1. The molecule has 2 aromatic rings. The van der Waals surface area contributed by atoms with Gasteiger partial charge in [-0.1, -0.05) is 11.6 Å². The van der Waals surface area contributed by atoms with E-state index in [1.165, 1.54) is 0 Å². The van der Waals surface area contributed by atoms with Crippen LogP contribution in [0.4, 0.5) is 10.5 Å². The minimum absolute atomic E-state index is 0.320. The number of anilines is 1. The number of nitrogens with one attached hydrogen (secondary N) is 2. The highest BCUT2D eigenvalue weighted by Crippen LogP contribution is 2.11. The van der Waals surface area contributed by atoms with Gasteiger partial charge in [-0.25, -0.2) is 14.6 Å². The normalized spacial score (nSPS) is 10.0. The van der Waals surface area contributed by atoms with Crippen molar-refractivity contribution in [3.05, 3.63) is 58.9 Å². The van der Waals surface area contributed by atoms with E-state index in [1.54, 1.807) is 49.5 Å². The van der Waals surface area contributed by atoms with Gasteiger partial charge >= 0.3 is 12.0 Å². The molecule has 2 amide bonds. The molecule has 0 bridgehead atoms. The van der Waals surface area contributed by atoms with E-state index in [2.05, 4.69) is 15.6 Å². The van der Waals surface area contributed by atoms with Crippen LogP contribution in [0.2, 0.25) is 5.15 Å². The molecular formula is C16H16ClN3O3. The number of nitrogens with zero attached hydrogens (tertiary/aromatic N) is 1. The Hall–Kier alpha value is -2.60. The molecule has 0 saturated carbocycles. The summed E-state index contributed by atoms with van der Waals surface area (Å²) in [7, 11) is 0. The van der Waals surface area contributed by atoms with Crippen LogP contribution in [0.3, 0.4) is 0 Å². The fraction of sp³-hybridized carbons (Fsp3) is 0.188. The summed E-state index contributed by atoms with van der Waals surface area (Å²) < 4.78 is 4.89. The molecule has 1 aromatic carbocycles. The topological polar surface area (TPSA) is 80.3 Å². The van der Waals surface area contributed by atoms with Crippen molar-refractivity contribution < 1.29 is 14.3 Å². The van der Waals surface area contributed by atoms with E-state index in [1.807, 2.05) is 0 Å². The number of aromatic nitrogens is 1. The number of carbonyl (C=O) groups excluding carboxylic acids is 2. The van der Waals surface area contributed by atoms with Crippen LogP contribution >= 0.6 is 11.6 Å². The van der Waals surface area contributed by atoms with Crippen LogP contribution in [0.25, 0.3) is 0 Å². The number of hydrogen-bond acceptors (Lipinski definition) is 4. The third-order valence-electron chi connectivity index (χ3n) is 2.90. The van der Waals surface area contributed by atoms with Gasteiger partial charge in [0, 0.05) is 18.4 Å². The number of carbonyl (C=O) groups is 2. The Morgan fingerprint density at radius 2 is 1.96 bits per heavy atom. The van der Waals surface area contributed by atoms with Crippen molar-refractivity contribution >= 4 is 29.3 Å². The minimum atomic E-state index is -0.391. The predicted molar refractivity (Wildman–Crippen MR) is 87.5 cm³/mol. The number of benzene rings is 1. The molecule has 0 saturated heterocycles. The first kappa shape index (κ1) is 16.8. The second kappa shape index (κ2) is 8.14. The summed E-state index contributed by atoms with van der Waals surface area (Å²) in [5, 5.41) is 5.75. The van der Waals surface area contributed by atoms with Gasteiger partial charge in [-0.15, -0.1) is 0 Å². The van der Waals surface area contributed by atoms with Gasteiger partial charge in [-0.2, -0.15) is 0 Å². The van der Waals surface area contributed by atoms with Crippen molar-refractivity contribution in [2.24, 2.45) is 0 Å². The van der Waals surface area contributed by atoms with E-state index in [4.69, 9.17) is 16.3 Å². The zero-order valence-corrected chi connectivity index (χ0v) is 13.3. The van der Waals surface area contributed by atoms with Crippen LogP contribution in [-0.2, 0) is 11.3 Å². The maximum Gasteiger partial charge on any atom is 0.338 e. The first-order valence-electron chi connectivity index (χ1n) is 7.01. The third-order valence-corrected chi connectivity index (χ3v) is 3.10. The van der Waals surface area contributed by atoms with Crippen LogP contribution in [0, 0.1) is 0 Å². The fourth-order valence-electron chi connectivity index (χ4n) is 1.81. The molecule has 0 aliphatic carbocycles. The van der Waals surface area contributed by atoms with Crippen LogP contribution in [0.1, 0.15) is 22.8 Å². The quantitative estimate of drug-likeness (QED) is 0.650. The maximum atomic E-state index is 11.8. The predicted octanol–water partition coefficient (Wildman–Crippen LogP) is 3.23. The molecule has 2 rings (SSSR count). The fourth-order valence-corrected chi connectivity index (χ4v) is 2.01. The molecule has 23 heavy (non-hydrogen) atoms. The van der Waals surface area contributed by atoms with Crippen molar-refractivity contribution in [3.8, 4) is 0 Å². The SMILES string of the molecule is CCOC(=O)c1ccc(NC(=O)NCc2ccnc(Cl)c2)cc1. The number of hydrogen-bond donors (Lipinski definition) is 2. The molecule has 1 heterocycles. The first-order valence-corrected chi connectivity index (χ1v) is 7.38. The van der Waals surface area contributed by atoms with Gasteiger partial charge < -0.3 is 15.4 Å². The number of halogens is 1. The summed E-state index contributed by atoms with van der Waals surface area (Å²) >= 11 is 5.78. The van der Waals surface area contributed by atoms with Gasteiger partial charge in [-0.3, -0.25) is 0 Å². The van der Waals surface area contributed by atoms with Crippen molar-refractivity contribution in [1.29, 1.82) is 0 Å². The van der Waals surface area contributed by atoms with Crippen molar-refractivity contribution in [2.45, 2.75) is 13.5 Å². The van der Waals surface area contributed by atoms with Gasteiger partial charge in [0.2, 0.25) is 0 Å². The first-order chi connectivity index (χ1) is 11.1. The monoisotopic (exact) mass is 333 g/mol. The smallest absolute Gasteiger partial charge is 0.338 e. The molecule has 0 radical (unpaired) electrons. The Bertz CT molecular complexity index is 689. The van der Waals surface area contributed by atoms with E-state index in [-0.39, 0.29) is 6.03 Å². The second-order valence-electron chi connectivity index (χ2n) is 4.59. The Labute approximate surface area is 138 Å². The van der Waals surface area contributed by atoms with Gasteiger partial charge in [0.15, 0.2) is 0 Å². The third kappa shape index (κ3) is 5.27. The Kier molecular flexibility index (Phi) is 5.94. The lowest BCUT2D eigenvalue weighted by Crippen LogP contribution is -2.28. The molecule has 6 nitrogen and oxygen atoms in total. The lowest BCUT2D eigenvalue weighted by molar-refractivity contribution is 0.0526. The average molecular weight is 334 g/mol. The summed E-state index contributed by atoms with van der Waals surface area (Å²) in [5.74, 6) is -0.391. The summed E-state index contributed by atoms with van der Waals surface area (Å²) in [4.78, 5) is 27.2. The number of pyridine rings is 1. The van der Waals surface area contributed by atoms with E-state index < -0.39 is 5.97 Å². The summed E-state index contributed by atoms with van der Waals surface area (Å²) in [5.41, 5.74) is 1.85. The summed E-state index contributed by atoms with van der Waals surface area (Å²) in [6.07, 6.45) is 1.57. The van der Waals surface area contributed by atoms with E-state index in [0.717, 1.165) is 5.56 Å². The number of ether oxygens (including phenoxy) is 1. The van der Waals surface area contributed by atoms with Gasteiger partial charge in [0.05, 0.1) is 12.2 Å². The van der Waals surface area contributed by atoms with Gasteiger partial charge in [0.25, 0.3) is 0 Å². The van der Waals surface area contributed by atoms with Crippen LogP contribution < -0.4 is 10.6 Å². The molecule has 0 spiro atoms. The van der Waals surface area contributed by atoms with Crippen LogP contribution in [0.5, 0.6) is 0 Å². The highest BCUT2D eigenvalue weighted by Gasteiger charge is 2.07. The number of esters is 1. The maximum absolute atomic E-state index is 11.8. The number of rotatable bonds is 5. The molecule has 0 fully saturated rings. The van der Waals surface area contributed by atoms with Crippen molar-refractivity contribution in [1.82, 2.24) is 10.3 Å². The molecule has 0 atom stereocenters. The molecular weight excluding hydrogens is 318 g/mol. The molecule has 7 heteroatoms. The largest absolute Gasteiger partial charge is 0.462 e. The highest BCUT2D eigenvalue weighted by atomic mass is 35.5. The van der Waals surface area contributed by atoms with E-state index >= 15 is 0 Å². The summed E-state index contributed by atoms with van der Waals surface area (Å²) in [6, 6.07) is 9.54. The Morgan fingerprint density at radius 1 is 1.22 bits per heavy atom. The molecule has 0 unspecified atom stereocenters. The van der Waals surface area contributed by atoms with Crippen molar-refractivity contribution in [3.63, 3.8) is 0 Å². The molecule has 1 aromatic heterocycles. The standard InChI is InChI=1S/C16H16ClN3O3/c1-2-23-15(21)12-3-5-13(6-4-12)20-16(22)19-10-11-7-8-18-14(17)9-11/h3-9H,2,10H2,1H3,(H2,19,20,22). The highest BCUT2D eigenvalue weighted by molar-refractivity contribution is 6.29. The lowest BCUT2D eigenvalue weighted by atomic mass is 10.2. The van der Waals surface area contributed by atoms with Crippen LogP contribution in [-0.4, -0.2) is 23.6 Å². The Balaban J connectivity index is 1.86. The second-order valence-corrected chi connectivity index (χ2v) is 4.98. The van der Waals surface area contributed by atoms with E-state index in [0.29, 0.717) is 29.6 Å². The molecule has 0 aliphatic rings. The zero-order valence-electron chi connectivity index (χ0n) is 12.5. The summed E-state index contributed by atoms with van der Waals surface area (Å²) in [6.45, 7) is 2.39. The minimum Gasteiger partial charge on any atom is -0.462 e. The lowest BCUT2D eigenvalue weighted by Gasteiger charge is -2.08. The van der Waals surface area contributed by atoms with Crippen molar-refractivity contribution in [2.75, 3.05) is 11.9 Å². The van der Waals surface area contributed by atoms with Gasteiger partial charge in [0.1, 0.15) is 5.15 Å². The van der Waals surface area contributed by atoms with E-state index in [9.17, 15) is 9.59 Å². The Morgan fingerprint density at radius 3 is 2.61 bits per heavy atom. The zero-order chi connectivity index (χ0) is 16.7. The van der Waals surface area contributed by atoms with Gasteiger partial charge in [-0.05, 0) is 48.9 Å². The van der Waals surface area contributed by atoms with Crippen LogP contribution in [0.15, 0.2) is 42.6 Å². The number of amides is 2. The average Bonchev–Trinajstić information content (AvgIpc) is 2.54. The molecule has 120 valence electrons. The molecule has 0 aliphatic heterocycles. The molecule has 2 N–H and O–H groups in total.